The summed E-state index contributed by atoms with van der Waals surface area (Å²) in [5, 5.41) is 0. The highest BCUT2D eigenvalue weighted by Crippen LogP contribution is 2.21. The third kappa shape index (κ3) is 2.16. The molecule has 1 aliphatic rings. The van der Waals surface area contributed by atoms with Crippen molar-refractivity contribution in [1.29, 1.82) is 0 Å². The molecule has 0 radical (unpaired) electrons. The van der Waals surface area contributed by atoms with Crippen LogP contribution in [0, 0.1) is 0 Å². The van der Waals surface area contributed by atoms with Crippen molar-refractivity contribution in [2.24, 2.45) is 0 Å². The fourth-order valence-electron chi connectivity index (χ4n) is 2.54. The normalized spacial score (nSPS) is 15.0. The minimum Gasteiger partial charge on any atom is -0.397 e. The van der Waals surface area contributed by atoms with Crippen molar-refractivity contribution in [3.63, 3.8) is 0 Å². The second-order valence-corrected chi connectivity index (χ2v) is 4.73. The zero-order valence-electron chi connectivity index (χ0n) is 10.3. The fraction of sp³-hybridized carbons (Fsp3) is 0.267. The summed E-state index contributed by atoms with van der Waals surface area (Å²) in [5.41, 5.74) is 10.6. The summed E-state index contributed by atoms with van der Waals surface area (Å²) in [6.07, 6.45) is 5.76. The molecule has 3 rings (SSSR count). The Labute approximate surface area is 107 Å². The maximum atomic E-state index is 5.80. The molecule has 92 valence electrons. The van der Waals surface area contributed by atoms with E-state index >= 15 is 0 Å². The number of benzene rings is 1. The molecule has 0 aliphatic carbocycles. The van der Waals surface area contributed by atoms with Crippen LogP contribution >= 0.6 is 0 Å². The molecule has 0 amide bonds. The molecule has 3 nitrogen and oxygen atoms in total. The average Bonchev–Trinajstić information content (AvgIpc) is 2.61. The second-order valence-electron chi connectivity index (χ2n) is 4.73. The number of aromatic nitrogens is 1. The van der Waals surface area contributed by atoms with Crippen LogP contribution in [0.5, 0.6) is 0 Å². The van der Waals surface area contributed by atoms with Gasteiger partial charge in [-0.05, 0) is 30.0 Å². The number of rotatable bonds is 1. The van der Waals surface area contributed by atoms with Crippen molar-refractivity contribution in [3.8, 4) is 0 Å². The van der Waals surface area contributed by atoms with E-state index in [0.29, 0.717) is 0 Å². The lowest BCUT2D eigenvalue weighted by atomic mass is 10.0. The summed E-state index contributed by atoms with van der Waals surface area (Å²) in [4.78, 5) is 6.54. The van der Waals surface area contributed by atoms with Gasteiger partial charge in [-0.1, -0.05) is 24.3 Å². The van der Waals surface area contributed by atoms with E-state index in [2.05, 4.69) is 34.1 Å². The van der Waals surface area contributed by atoms with Gasteiger partial charge >= 0.3 is 0 Å². The number of nitrogens with zero attached hydrogens (tertiary/aromatic N) is 2. The summed E-state index contributed by atoms with van der Waals surface area (Å²) < 4.78 is 0. The van der Waals surface area contributed by atoms with E-state index in [1.165, 1.54) is 11.1 Å². The lowest BCUT2D eigenvalue weighted by Gasteiger charge is -2.22. The Balaban J connectivity index is 1.83. The van der Waals surface area contributed by atoms with Crippen molar-refractivity contribution in [2.45, 2.75) is 12.8 Å². The molecule has 0 unspecified atom stereocenters. The molecule has 0 atom stereocenters. The van der Waals surface area contributed by atoms with Crippen LogP contribution in [0.2, 0.25) is 0 Å². The zero-order valence-corrected chi connectivity index (χ0v) is 10.3. The van der Waals surface area contributed by atoms with E-state index in [0.717, 1.165) is 37.3 Å². The van der Waals surface area contributed by atoms with Gasteiger partial charge in [-0.2, -0.15) is 0 Å². The molecule has 0 saturated heterocycles. The molecule has 0 bridgehead atoms. The number of fused-ring (bicyclic) bond motifs is 1. The highest BCUT2D eigenvalue weighted by atomic mass is 15.1. The molecule has 0 spiro atoms. The molecule has 2 N–H and O–H groups in total. The predicted octanol–water partition coefficient (Wildman–Crippen LogP) is 2.27. The molecule has 18 heavy (non-hydrogen) atoms. The Kier molecular flexibility index (Phi) is 2.89. The zero-order chi connectivity index (χ0) is 12.4. The summed E-state index contributed by atoms with van der Waals surface area (Å²) in [7, 11) is 0. The Hall–Kier alpha value is -2.03. The summed E-state index contributed by atoms with van der Waals surface area (Å²) in [6.45, 7) is 2.06. The number of pyridine rings is 1. The Morgan fingerprint density at radius 1 is 1.00 bits per heavy atom. The molecule has 2 aromatic rings. The van der Waals surface area contributed by atoms with Crippen LogP contribution in [0.4, 0.5) is 11.4 Å². The summed E-state index contributed by atoms with van der Waals surface area (Å²) in [5.74, 6) is 0. The molecule has 1 aromatic carbocycles. The van der Waals surface area contributed by atoms with Crippen molar-refractivity contribution in [3.05, 3.63) is 53.9 Å². The smallest absolute Gasteiger partial charge is 0.0573 e. The van der Waals surface area contributed by atoms with Crippen molar-refractivity contribution in [2.75, 3.05) is 23.7 Å². The third-order valence-electron chi connectivity index (χ3n) is 3.53. The second kappa shape index (κ2) is 4.69. The van der Waals surface area contributed by atoms with Crippen LogP contribution in [0.1, 0.15) is 11.1 Å². The molecule has 1 aliphatic heterocycles. The van der Waals surface area contributed by atoms with Gasteiger partial charge in [0.1, 0.15) is 0 Å². The first-order valence-corrected chi connectivity index (χ1v) is 6.35. The minimum atomic E-state index is 0.731. The highest BCUT2D eigenvalue weighted by Gasteiger charge is 2.14. The SMILES string of the molecule is Nc1cncc(N2CCc3ccccc3CC2)c1. The topological polar surface area (TPSA) is 42.1 Å². The Morgan fingerprint density at radius 3 is 2.28 bits per heavy atom. The van der Waals surface area contributed by atoms with Gasteiger partial charge in [0.2, 0.25) is 0 Å². The molecular formula is C15H17N3. The van der Waals surface area contributed by atoms with Crippen LogP contribution in [0.3, 0.4) is 0 Å². The van der Waals surface area contributed by atoms with Crippen molar-refractivity contribution in [1.82, 2.24) is 4.98 Å². The van der Waals surface area contributed by atoms with E-state index < -0.39 is 0 Å². The number of hydrogen-bond donors (Lipinski definition) is 1. The van der Waals surface area contributed by atoms with Gasteiger partial charge in [0.05, 0.1) is 17.6 Å². The highest BCUT2D eigenvalue weighted by molar-refractivity contribution is 5.54. The largest absolute Gasteiger partial charge is 0.397 e. The number of nitrogen functional groups attached to an aromatic ring is 1. The van der Waals surface area contributed by atoms with Gasteiger partial charge in [0, 0.05) is 19.3 Å². The number of hydrogen-bond acceptors (Lipinski definition) is 3. The van der Waals surface area contributed by atoms with Gasteiger partial charge in [-0.25, -0.2) is 0 Å². The van der Waals surface area contributed by atoms with Crippen molar-refractivity contribution < 1.29 is 0 Å². The molecular weight excluding hydrogens is 222 g/mol. The van der Waals surface area contributed by atoms with E-state index in [1.807, 2.05) is 12.3 Å². The maximum absolute atomic E-state index is 5.80. The van der Waals surface area contributed by atoms with E-state index in [1.54, 1.807) is 6.20 Å². The number of anilines is 2. The molecule has 3 heteroatoms. The van der Waals surface area contributed by atoms with Gasteiger partial charge in [0.25, 0.3) is 0 Å². The third-order valence-corrected chi connectivity index (χ3v) is 3.53. The van der Waals surface area contributed by atoms with E-state index in [4.69, 9.17) is 5.73 Å². The first-order chi connectivity index (χ1) is 8.83. The first kappa shape index (κ1) is 11.1. The first-order valence-electron chi connectivity index (χ1n) is 6.35. The van der Waals surface area contributed by atoms with Crippen molar-refractivity contribution >= 4 is 11.4 Å². The van der Waals surface area contributed by atoms with E-state index in [9.17, 15) is 0 Å². The van der Waals surface area contributed by atoms with Crippen LogP contribution < -0.4 is 10.6 Å². The fourth-order valence-corrected chi connectivity index (χ4v) is 2.54. The Morgan fingerprint density at radius 2 is 1.67 bits per heavy atom. The Bertz CT molecular complexity index is 524. The summed E-state index contributed by atoms with van der Waals surface area (Å²) >= 11 is 0. The van der Waals surface area contributed by atoms with Gasteiger partial charge < -0.3 is 10.6 Å². The lowest BCUT2D eigenvalue weighted by Crippen LogP contribution is -2.26. The summed E-state index contributed by atoms with van der Waals surface area (Å²) in [6, 6.07) is 10.7. The van der Waals surface area contributed by atoms with E-state index in [-0.39, 0.29) is 0 Å². The van der Waals surface area contributed by atoms with Gasteiger partial charge in [-0.15, -0.1) is 0 Å². The van der Waals surface area contributed by atoms with Gasteiger partial charge in [0.15, 0.2) is 0 Å². The monoisotopic (exact) mass is 239 g/mol. The van der Waals surface area contributed by atoms with Crippen LogP contribution in [-0.4, -0.2) is 18.1 Å². The molecule has 0 fully saturated rings. The van der Waals surface area contributed by atoms with Gasteiger partial charge in [-0.3, -0.25) is 4.98 Å². The van der Waals surface area contributed by atoms with Crippen LogP contribution in [-0.2, 0) is 12.8 Å². The quantitative estimate of drug-likeness (QED) is 0.830. The maximum Gasteiger partial charge on any atom is 0.0573 e. The molecule has 0 saturated carbocycles. The predicted molar refractivity (Wildman–Crippen MR) is 74.7 cm³/mol. The lowest BCUT2D eigenvalue weighted by molar-refractivity contribution is 0.803. The minimum absolute atomic E-state index is 0.731. The number of nitrogens with two attached hydrogens (primary N) is 1. The average molecular weight is 239 g/mol. The standard InChI is InChI=1S/C15H17N3/c16-14-9-15(11-17-10-14)18-7-5-12-3-1-2-4-13(12)6-8-18/h1-4,9-11H,5-8,16H2. The van der Waals surface area contributed by atoms with Crippen LogP contribution in [0.15, 0.2) is 42.7 Å². The molecule has 1 aromatic heterocycles. The van der Waals surface area contributed by atoms with Crippen LogP contribution in [0.25, 0.3) is 0 Å². The molecule has 2 heterocycles.